The predicted octanol–water partition coefficient (Wildman–Crippen LogP) is 2.71. The number of carbonyl (C=O) groups is 2. The van der Waals surface area contributed by atoms with E-state index in [0.29, 0.717) is 29.0 Å². The summed E-state index contributed by atoms with van der Waals surface area (Å²) in [6, 6.07) is 15.1. The van der Waals surface area contributed by atoms with Gasteiger partial charge in [-0.2, -0.15) is 9.97 Å². The van der Waals surface area contributed by atoms with E-state index in [-0.39, 0.29) is 30.2 Å². The minimum Gasteiger partial charge on any atom is -0.479 e. The van der Waals surface area contributed by atoms with Gasteiger partial charge in [0.15, 0.2) is 23.1 Å². The van der Waals surface area contributed by atoms with Crippen molar-refractivity contribution in [3.05, 3.63) is 72.1 Å². The maximum absolute atomic E-state index is 13.3. The minimum atomic E-state index is -3.91. The van der Waals surface area contributed by atoms with Gasteiger partial charge >= 0.3 is 13.6 Å². The molecule has 0 spiro atoms. The molecule has 1 unspecified atom stereocenters. The molecule has 4 rings (SSSR count). The van der Waals surface area contributed by atoms with Gasteiger partial charge in [0.05, 0.1) is 24.6 Å². The summed E-state index contributed by atoms with van der Waals surface area (Å²) >= 11 is 0. The molecule has 2 aromatic heterocycles. The lowest BCUT2D eigenvalue weighted by Crippen LogP contribution is -2.28. The Hall–Kier alpha value is -4.81. The van der Waals surface area contributed by atoms with Gasteiger partial charge in [-0.3, -0.25) is 9.32 Å². The summed E-state index contributed by atoms with van der Waals surface area (Å²) in [7, 11) is -2.06. The van der Waals surface area contributed by atoms with Crippen LogP contribution in [0.5, 0.6) is 5.75 Å². The first-order valence-corrected chi connectivity index (χ1v) is 14.1. The summed E-state index contributed by atoms with van der Waals surface area (Å²) in [6.07, 6.45) is -0.0239. The summed E-state index contributed by atoms with van der Waals surface area (Å²) in [5.74, 6) is -1.27. The number of nitrogen functional groups attached to an aromatic ring is 2. The lowest BCUT2D eigenvalue weighted by Gasteiger charge is -2.21. The second kappa shape index (κ2) is 12.6. The first-order chi connectivity index (χ1) is 19.5. The molecule has 14 nitrogen and oxygen atoms in total. The van der Waals surface area contributed by atoms with Crippen LogP contribution < -0.4 is 26.2 Å². The molecule has 2 heterocycles. The number of carboxylic acids is 1. The van der Waals surface area contributed by atoms with Gasteiger partial charge in [0.1, 0.15) is 5.75 Å². The molecule has 0 radical (unpaired) electrons. The van der Waals surface area contributed by atoms with E-state index in [1.165, 1.54) is 6.92 Å². The van der Waals surface area contributed by atoms with E-state index >= 15 is 0 Å². The molecule has 0 aliphatic rings. The van der Waals surface area contributed by atoms with Gasteiger partial charge in [0.2, 0.25) is 5.95 Å². The number of fused-ring (bicyclic) bond motifs is 1. The number of hydrogen-bond donors (Lipinski definition) is 4. The minimum absolute atomic E-state index is 0.0222. The summed E-state index contributed by atoms with van der Waals surface area (Å²) in [6.45, 7) is 1.58. The quantitative estimate of drug-likeness (QED) is 0.178. The third-order valence-electron chi connectivity index (χ3n) is 5.80. The van der Waals surface area contributed by atoms with Crippen molar-refractivity contribution < 1.29 is 28.3 Å². The van der Waals surface area contributed by atoms with Crippen LogP contribution in [0.15, 0.2) is 60.8 Å². The topological polar surface area (TPSA) is 209 Å². The number of hydrogen-bond acceptors (Lipinski definition) is 12. The Morgan fingerprint density at radius 1 is 1.07 bits per heavy atom. The van der Waals surface area contributed by atoms with Crippen LogP contribution in [0.25, 0.3) is 11.2 Å². The van der Waals surface area contributed by atoms with Crippen molar-refractivity contribution in [2.75, 3.05) is 36.1 Å². The van der Waals surface area contributed by atoms with Crippen LogP contribution >= 0.6 is 7.60 Å². The summed E-state index contributed by atoms with van der Waals surface area (Å²) < 4.78 is 24.1. The largest absolute Gasteiger partial charge is 0.479 e. The highest BCUT2D eigenvalue weighted by molar-refractivity contribution is 7.54. The van der Waals surface area contributed by atoms with Gasteiger partial charge in [-0.15, -0.1) is 0 Å². The Morgan fingerprint density at radius 2 is 1.78 bits per heavy atom. The number of anilines is 3. The third kappa shape index (κ3) is 7.65. The monoisotopic (exact) mass is 580 g/mol. The number of benzene rings is 2. The van der Waals surface area contributed by atoms with Crippen LogP contribution in [0.4, 0.5) is 17.5 Å². The van der Waals surface area contributed by atoms with Gasteiger partial charge in [-0.1, -0.05) is 18.2 Å². The molecule has 6 N–H and O–H groups in total. The van der Waals surface area contributed by atoms with Crippen molar-refractivity contribution in [3.63, 3.8) is 0 Å². The number of aromatic nitrogens is 4. The van der Waals surface area contributed by atoms with Crippen LogP contribution in [0.1, 0.15) is 23.0 Å². The number of nitrogens with one attached hydrogen (secondary N) is 1. The molecule has 214 valence electrons. The smallest absolute Gasteiger partial charge is 0.381 e. The molecule has 41 heavy (non-hydrogen) atoms. The van der Waals surface area contributed by atoms with Gasteiger partial charge < -0.3 is 31.3 Å². The van der Waals surface area contributed by atoms with Crippen LogP contribution in [-0.2, 0) is 20.4 Å². The number of carbonyl (C=O) groups excluding carboxylic acids is 1. The van der Waals surface area contributed by atoms with E-state index in [4.69, 9.17) is 20.5 Å². The maximum Gasteiger partial charge on any atom is 0.381 e. The highest BCUT2D eigenvalue weighted by Gasteiger charge is 2.31. The van der Waals surface area contributed by atoms with Gasteiger partial charge in [-0.05, 0) is 43.3 Å². The zero-order chi connectivity index (χ0) is 29.6. The van der Waals surface area contributed by atoms with Crippen molar-refractivity contribution in [1.82, 2.24) is 25.3 Å². The molecule has 0 fully saturated rings. The van der Waals surface area contributed by atoms with Gasteiger partial charge in [-0.25, -0.2) is 19.3 Å². The standard InChI is InChI=1S/C26H29N8O6P/c1-16(25(36)37)39-41(38,40-20-6-4-3-5-7-20)13-12-29-24(35)17-8-10-19(11-9-17)34(2)15-18-14-30-23-21(31-18)22(27)32-26(28)33-23/h3-11,14,16H,12-13,15H2,1-2H3,(H,29,35)(H,36,37)(H4,27,28,30,32,33)/t16-,41?/m0/s1. The molecule has 2 aromatic carbocycles. The van der Waals surface area contributed by atoms with Crippen LogP contribution in [0.2, 0.25) is 0 Å². The zero-order valence-electron chi connectivity index (χ0n) is 22.3. The van der Waals surface area contributed by atoms with E-state index in [1.54, 1.807) is 60.8 Å². The molecular weight excluding hydrogens is 551 g/mol. The average Bonchev–Trinajstić information content (AvgIpc) is 2.93. The van der Waals surface area contributed by atoms with E-state index in [9.17, 15) is 19.3 Å². The highest BCUT2D eigenvalue weighted by atomic mass is 31.2. The lowest BCUT2D eigenvalue weighted by molar-refractivity contribution is -0.144. The molecule has 0 bridgehead atoms. The number of aliphatic carboxylic acids is 1. The molecule has 15 heteroatoms. The molecule has 0 saturated carbocycles. The van der Waals surface area contributed by atoms with Crippen molar-refractivity contribution in [1.29, 1.82) is 0 Å². The number of para-hydroxylation sites is 1. The predicted molar refractivity (Wildman–Crippen MR) is 153 cm³/mol. The number of nitrogens with zero attached hydrogens (tertiary/aromatic N) is 5. The third-order valence-corrected chi connectivity index (χ3v) is 7.69. The molecule has 4 aromatic rings. The Morgan fingerprint density at radius 3 is 2.46 bits per heavy atom. The van der Waals surface area contributed by atoms with Gasteiger partial charge in [0, 0.05) is 24.8 Å². The van der Waals surface area contributed by atoms with E-state index < -0.39 is 25.6 Å². The van der Waals surface area contributed by atoms with Crippen LogP contribution in [0.3, 0.4) is 0 Å². The Labute approximate surface area is 235 Å². The van der Waals surface area contributed by atoms with Crippen molar-refractivity contribution in [3.8, 4) is 5.75 Å². The van der Waals surface area contributed by atoms with Crippen LogP contribution in [-0.4, -0.2) is 62.8 Å². The van der Waals surface area contributed by atoms with E-state index in [0.717, 1.165) is 5.69 Å². The van der Waals surface area contributed by atoms with Gasteiger partial charge in [0.25, 0.3) is 5.91 Å². The first kappa shape index (κ1) is 29.2. The Kier molecular flexibility index (Phi) is 8.95. The highest BCUT2D eigenvalue weighted by Crippen LogP contribution is 2.49. The SMILES string of the molecule is C[C@H](OP(=O)(CCNC(=O)c1ccc(N(C)Cc2cnc3nc(N)nc(N)c3n2)cc1)Oc1ccccc1)C(=O)O. The van der Waals surface area contributed by atoms with Crippen molar-refractivity contribution >= 4 is 48.1 Å². The molecule has 2 atom stereocenters. The summed E-state index contributed by atoms with van der Waals surface area (Å²) in [5, 5.41) is 11.9. The fourth-order valence-electron chi connectivity index (χ4n) is 3.72. The number of nitrogens with two attached hydrogens (primary N) is 2. The first-order valence-electron chi connectivity index (χ1n) is 12.4. The fourth-order valence-corrected chi connectivity index (χ4v) is 5.36. The number of amides is 1. The molecule has 1 amide bonds. The Bertz CT molecular complexity index is 1590. The van der Waals surface area contributed by atoms with Crippen molar-refractivity contribution in [2.45, 2.75) is 19.6 Å². The molecular formula is C26H29N8O6P. The molecule has 0 aliphatic heterocycles. The average molecular weight is 581 g/mol. The maximum atomic E-state index is 13.3. The normalized spacial score (nSPS) is 13.2. The zero-order valence-corrected chi connectivity index (χ0v) is 23.2. The second-order valence-corrected chi connectivity index (χ2v) is 11.0. The van der Waals surface area contributed by atoms with E-state index in [1.807, 2.05) is 11.9 Å². The van der Waals surface area contributed by atoms with Crippen molar-refractivity contribution in [2.24, 2.45) is 0 Å². The molecule has 0 saturated heterocycles. The number of carboxylic acid groups (broad SMARTS) is 1. The summed E-state index contributed by atoms with van der Waals surface area (Å²) in [4.78, 5) is 42.6. The second-order valence-electron chi connectivity index (χ2n) is 8.98. The Balaban J connectivity index is 1.36. The van der Waals surface area contributed by atoms with E-state index in [2.05, 4.69) is 25.3 Å². The van der Waals surface area contributed by atoms with Crippen LogP contribution in [0, 0.1) is 0 Å². The fraction of sp³-hybridized carbons (Fsp3) is 0.231. The number of rotatable bonds is 12. The summed E-state index contributed by atoms with van der Waals surface area (Å²) in [5.41, 5.74) is 14.0. The lowest BCUT2D eigenvalue weighted by atomic mass is 10.2. The molecule has 0 aliphatic carbocycles.